The number of hydrogen-bond acceptors (Lipinski definition) is 4. The standard InChI is InChI=1S/C34H26FO4P/c1-38-32-21-34(27(22-36)19-26(32)14-11-23-12-16-28(35)17-13-23)40(37)33-10-6-5-9-29(33)30-20-25(15-18-31(30)39-40)24-7-3-2-4-8-24/h2-21,36H,22H2,1H3/b14-11+. The second kappa shape index (κ2) is 10.6. The smallest absolute Gasteiger partial charge is 0.307 e. The SMILES string of the molecule is COc1cc(P2(=O)Oc3ccc(-c4ccccc4)cc3-c3ccccc32)c(CO)cc1/C=C/c1ccc(F)cc1. The minimum atomic E-state index is -3.68. The molecule has 1 atom stereocenters. The molecule has 0 fully saturated rings. The lowest BCUT2D eigenvalue weighted by molar-refractivity contribution is 0.282. The molecule has 0 aromatic heterocycles. The first-order valence-electron chi connectivity index (χ1n) is 12.9. The molecule has 1 heterocycles. The van der Waals surface area contributed by atoms with Gasteiger partial charge in [-0.3, -0.25) is 4.57 Å². The number of methoxy groups -OCH3 is 1. The third-order valence-corrected chi connectivity index (χ3v) is 9.60. The second-order valence-electron chi connectivity index (χ2n) is 9.50. The fourth-order valence-electron chi connectivity index (χ4n) is 5.06. The number of halogens is 1. The van der Waals surface area contributed by atoms with E-state index in [1.54, 1.807) is 31.4 Å². The predicted molar refractivity (Wildman–Crippen MR) is 159 cm³/mol. The van der Waals surface area contributed by atoms with Gasteiger partial charge in [-0.15, -0.1) is 0 Å². The van der Waals surface area contributed by atoms with Crippen LogP contribution in [0.3, 0.4) is 0 Å². The number of fused-ring (bicyclic) bond motifs is 3. The van der Waals surface area contributed by atoms with Gasteiger partial charge in [-0.2, -0.15) is 0 Å². The molecule has 0 saturated heterocycles. The lowest BCUT2D eigenvalue weighted by Gasteiger charge is -2.30. The highest BCUT2D eigenvalue weighted by molar-refractivity contribution is 7.75. The molecule has 0 bridgehead atoms. The maximum atomic E-state index is 14.9. The van der Waals surface area contributed by atoms with Crippen molar-refractivity contribution in [3.63, 3.8) is 0 Å². The van der Waals surface area contributed by atoms with E-state index < -0.39 is 7.37 Å². The molecule has 5 aromatic rings. The molecule has 0 aliphatic carbocycles. The summed E-state index contributed by atoms with van der Waals surface area (Å²) in [5.41, 5.74) is 5.76. The van der Waals surface area contributed by atoms with Crippen LogP contribution in [-0.4, -0.2) is 12.2 Å². The van der Waals surface area contributed by atoms with Crippen LogP contribution in [0.5, 0.6) is 11.5 Å². The van der Waals surface area contributed by atoms with Crippen LogP contribution in [0.4, 0.5) is 4.39 Å². The first-order valence-corrected chi connectivity index (χ1v) is 14.5. The van der Waals surface area contributed by atoms with E-state index in [9.17, 15) is 14.1 Å². The second-order valence-corrected chi connectivity index (χ2v) is 11.8. The summed E-state index contributed by atoms with van der Waals surface area (Å²) in [6.45, 7) is -0.341. The van der Waals surface area contributed by atoms with Crippen molar-refractivity contribution in [2.45, 2.75) is 6.61 Å². The summed E-state index contributed by atoms with van der Waals surface area (Å²) >= 11 is 0. The van der Waals surface area contributed by atoms with Gasteiger partial charge in [0.25, 0.3) is 0 Å². The van der Waals surface area contributed by atoms with E-state index in [0.717, 1.165) is 27.8 Å². The van der Waals surface area contributed by atoms with Crippen LogP contribution in [-0.2, 0) is 11.2 Å². The number of ether oxygens (including phenoxy) is 1. The molecule has 0 amide bonds. The molecule has 1 N–H and O–H groups in total. The summed E-state index contributed by atoms with van der Waals surface area (Å²) in [6.07, 6.45) is 3.65. The molecule has 0 saturated carbocycles. The van der Waals surface area contributed by atoms with Gasteiger partial charge in [-0.25, -0.2) is 4.39 Å². The minimum absolute atomic E-state index is 0.308. The maximum absolute atomic E-state index is 14.9. The lowest BCUT2D eigenvalue weighted by Crippen LogP contribution is -2.27. The Morgan fingerprint density at radius 2 is 1.55 bits per heavy atom. The van der Waals surface area contributed by atoms with Crippen molar-refractivity contribution in [3.05, 3.63) is 132 Å². The van der Waals surface area contributed by atoms with E-state index in [2.05, 4.69) is 6.07 Å². The van der Waals surface area contributed by atoms with Crippen LogP contribution < -0.4 is 19.9 Å². The first-order chi connectivity index (χ1) is 19.5. The lowest BCUT2D eigenvalue weighted by atomic mass is 9.98. The van der Waals surface area contributed by atoms with E-state index in [4.69, 9.17) is 9.26 Å². The van der Waals surface area contributed by atoms with E-state index in [-0.39, 0.29) is 12.4 Å². The molecular weight excluding hydrogens is 522 g/mol. The fourth-order valence-corrected chi connectivity index (χ4v) is 7.54. The molecule has 0 spiro atoms. The Morgan fingerprint density at radius 1 is 0.800 bits per heavy atom. The van der Waals surface area contributed by atoms with Gasteiger partial charge in [0.2, 0.25) is 0 Å². The van der Waals surface area contributed by atoms with Crippen LogP contribution in [0, 0.1) is 5.82 Å². The van der Waals surface area contributed by atoms with Crippen molar-refractivity contribution >= 4 is 30.1 Å². The molecule has 6 heteroatoms. The summed E-state index contributed by atoms with van der Waals surface area (Å²) in [5, 5.41) is 11.3. The topological polar surface area (TPSA) is 55.8 Å². The third-order valence-electron chi connectivity index (χ3n) is 7.07. The van der Waals surface area contributed by atoms with Gasteiger partial charge in [0.15, 0.2) is 0 Å². The molecule has 1 aliphatic heterocycles. The molecule has 1 aliphatic rings. The van der Waals surface area contributed by atoms with Gasteiger partial charge in [0, 0.05) is 11.1 Å². The highest BCUT2D eigenvalue weighted by atomic mass is 31.2. The van der Waals surface area contributed by atoms with Crippen molar-refractivity contribution in [3.8, 4) is 33.8 Å². The zero-order chi connectivity index (χ0) is 27.7. The van der Waals surface area contributed by atoms with Crippen LogP contribution in [0.2, 0.25) is 0 Å². The Morgan fingerprint density at radius 3 is 2.30 bits per heavy atom. The van der Waals surface area contributed by atoms with Crippen molar-refractivity contribution in [2.75, 3.05) is 7.11 Å². The molecule has 4 nitrogen and oxygen atoms in total. The quantitative estimate of drug-likeness (QED) is 0.177. The Labute approximate surface area is 232 Å². The number of aliphatic hydroxyl groups is 1. The zero-order valence-corrected chi connectivity index (χ0v) is 22.6. The van der Waals surface area contributed by atoms with Crippen molar-refractivity contribution in [1.82, 2.24) is 0 Å². The summed E-state index contributed by atoms with van der Waals surface area (Å²) in [4.78, 5) is 0. The summed E-state index contributed by atoms with van der Waals surface area (Å²) in [7, 11) is -2.14. The van der Waals surface area contributed by atoms with E-state index in [0.29, 0.717) is 33.2 Å². The highest BCUT2D eigenvalue weighted by Crippen LogP contribution is 2.55. The number of aliphatic hydroxyl groups excluding tert-OH is 1. The Hall–Kier alpha value is -4.44. The maximum Gasteiger partial charge on any atom is 0.307 e. The van der Waals surface area contributed by atoms with Gasteiger partial charge >= 0.3 is 7.37 Å². The van der Waals surface area contributed by atoms with Gasteiger partial charge in [-0.1, -0.05) is 78.9 Å². The molecule has 0 radical (unpaired) electrons. The monoisotopic (exact) mass is 548 g/mol. The Bertz CT molecular complexity index is 1780. The van der Waals surface area contributed by atoms with E-state index in [1.807, 2.05) is 78.9 Å². The third kappa shape index (κ3) is 4.64. The van der Waals surface area contributed by atoms with Gasteiger partial charge in [0.1, 0.15) is 17.3 Å². The minimum Gasteiger partial charge on any atom is -0.496 e. The predicted octanol–water partition coefficient (Wildman–Crippen LogP) is 7.45. The molecule has 40 heavy (non-hydrogen) atoms. The Balaban J connectivity index is 1.46. The normalized spacial score (nSPS) is 15.8. The van der Waals surface area contributed by atoms with Gasteiger partial charge in [0.05, 0.1) is 24.3 Å². The summed E-state index contributed by atoms with van der Waals surface area (Å²) in [5.74, 6) is 0.689. The summed E-state index contributed by atoms with van der Waals surface area (Å²) in [6, 6.07) is 33.1. The molecule has 6 rings (SSSR count). The number of benzene rings is 5. The zero-order valence-electron chi connectivity index (χ0n) is 21.8. The average Bonchev–Trinajstić information content (AvgIpc) is 3.00. The van der Waals surface area contributed by atoms with Crippen molar-refractivity contribution < 1.29 is 23.3 Å². The van der Waals surface area contributed by atoms with E-state index in [1.165, 1.54) is 12.1 Å². The molecular formula is C34H26FO4P. The van der Waals surface area contributed by atoms with Crippen LogP contribution in [0.15, 0.2) is 109 Å². The summed E-state index contributed by atoms with van der Waals surface area (Å²) < 4.78 is 40.3. The number of rotatable bonds is 6. The molecule has 5 aromatic carbocycles. The fraction of sp³-hybridized carbons (Fsp3) is 0.0588. The van der Waals surface area contributed by atoms with Crippen LogP contribution >= 0.6 is 7.37 Å². The first kappa shape index (κ1) is 25.8. The molecule has 1 unspecified atom stereocenters. The average molecular weight is 549 g/mol. The van der Waals surface area contributed by atoms with Crippen LogP contribution in [0.25, 0.3) is 34.4 Å². The molecule has 198 valence electrons. The van der Waals surface area contributed by atoms with Gasteiger partial charge < -0.3 is 14.4 Å². The van der Waals surface area contributed by atoms with Crippen molar-refractivity contribution in [2.24, 2.45) is 0 Å². The largest absolute Gasteiger partial charge is 0.496 e. The number of hydrogen-bond donors (Lipinski definition) is 1. The van der Waals surface area contributed by atoms with Crippen LogP contribution in [0.1, 0.15) is 16.7 Å². The Kier molecular flexibility index (Phi) is 6.85. The highest BCUT2D eigenvalue weighted by Gasteiger charge is 2.40. The van der Waals surface area contributed by atoms with Gasteiger partial charge in [-0.05, 0) is 70.3 Å². The van der Waals surface area contributed by atoms with Crippen molar-refractivity contribution in [1.29, 1.82) is 0 Å². The van der Waals surface area contributed by atoms with E-state index >= 15 is 0 Å².